The molecular weight excluding hydrogens is 292 g/mol. The van der Waals surface area contributed by atoms with Gasteiger partial charge in [0.15, 0.2) is 6.61 Å². The van der Waals surface area contributed by atoms with E-state index in [2.05, 4.69) is 0 Å². The summed E-state index contributed by atoms with van der Waals surface area (Å²) in [4.78, 5) is 12.2. The Morgan fingerprint density at radius 1 is 0.957 bits per heavy atom. The molecule has 4 nitrogen and oxygen atoms in total. The van der Waals surface area contributed by atoms with Crippen LogP contribution in [-0.2, 0) is 0 Å². The van der Waals surface area contributed by atoms with E-state index in [1.807, 2.05) is 36.4 Å². The van der Waals surface area contributed by atoms with Crippen LogP contribution in [-0.4, -0.2) is 22.6 Å². The fourth-order valence-corrected chi connectivity index (χ4v) is 2.39. The lowest BCUT2D eigenvalue weighted by Gasteiger charge is -2.09. The lowest BCUT2D eigenvalue weighted by Crippen LogP contribution is -2.12. The molecular formula is C19H16O4. The molecule has 3 aromatic rings. The summed E-state index contributed by atoms with van der Waals surface area (Å²) in [6.45, 7) is 1.48. The molecule has 0 saturated carbocycles. The molecule has 3 aromatic carbocycles. The molecule has 0 bridgehead atoms. The van der Waals surface area contributed by atoms with Gasteiger partial charge in [0, 0.05) is 6.07 Å². The molecule has 0 aromatic heterocycles. The van der Waals surface area contributed by atoms with Gasteiger partial charge >= 0.3 is 0 Å². The number of aromatic hydroxyl groups is 2. The van der Waals surface area contributed by atoms with E-state index in [-0.39, 0.29) is 29.5 Å². The van der Waals surface area contributed by atoms with Gasteiger partial charge in [0.05, 0.1) is 5.56 Å². The smallest absolute Gasteiger partial charge is 0.203 e. The maximum atomic E-state index is 12.2. The summed E-state index contributed by atoms with van der Waals surface area (Å²) < 4.78 is 5.53. The average Bonchev–Trinajstić information content (AvgIpc) is 2.55. The minimum absolute atomic E-state index is 0.0468. The lowest BCUT2D eigenvalue weighted by atomic mass is 10.1. The molecule has 0 unspecified atom stereocenters. The van der Waals surface area contributed by atoms with Gasteiger partial charge in [-0.15, -0.1) is 0 Å². The third-order valence-corrected chi connectivity index (χ3v) is 3.71. The normalized spacial score (nSPS) is 10.7. The number of hydrogen-bond donors (Lipinski definition) is 2. The predicted molar refractivity (Wildman–Crippen MR) is 88.3 cm³/mol. The third-order valence-electron chi connectivity index (χ3n) is 3.71. The van der Waals surface area contributed by atoms with Gasteiger partial charge in [-0.2, -0.15) is 0 Å². The Hall–Kier alpha value is -3.01. The van der Waals surface area contributed by atoms with Crippen LogP contribution in [0.15, 0.2) is 54.6 Å². The topological polar surface area (TPSA) is 66.8 Å². The highest BCUT2D eigenvalue weighted by molar-refractivity contribution is 6.00. The highest BCUT2D eigenvalue weighted by atomic mass is 16.5. The number of ether oxygens (including phenoxy) is 1. The zero-order chi connectivity index (χ0) is 16.4. The van der Waals surface area contributed by atoms with Crippen LogP contribution < -0.4 is 4.74 Å². The Bertz CT molecular complexity index is 884. The molecule has 0 saturated heterocycles. The first-order valence-electron chi connectivity index (χ1n) is 7.22. The van der Waals surface area contributed by atoms with E-state index in [1.54, 1.807) is 13.0 Å². The van der Waals surface area contributed by atoms with Crippen molar-refractivity contribution in [3.8, 4) is 17.2 Å². The summed E-state index contributed by atoms with van der Waals surface area (Å²) in [6, 6.07) is 16.1. The van der Waals surface area contributed by atoms with Gasteiger partial charge in [0.2, 0.25) is 5.78 Å². The number of benzene rings is 3. The summed E-state index contributed by atoms with van der Waals surface area (Å²) in [6.07, 6.45) is 0. The van der Waals surface area contributed by atoms with Crippen molar-refractivity contribution in [3.63, 3.8) is 0 Å². The quantitative estimate of drug-likeness (QED) is 0.719. The van der Waals surface area contributed by atoms with Crippen LogP contribution in [0.3, 0.4) is 0 Å². The Balaban J connectivity index is 1.76. The first-order valence-corrected chi connectivity index (χ1v) is 7.22. The molecule has 4 heteroatoms. The van der Waals surface area contributed by atoms with Crippen molar-refractivity contribution in [2.75, 3.05) is 6.61 Å². The molecule has 0 radical (unpaired) electrons. The van der Waals surface area contributed by atoms with Crippen LogP contribution in [0.4, 0.5) is 0 Å². The van der Waals surface area contributed by atoms with Gasteiger partial charge in [-0.25, -0.2) is 0 Å². The van der Waals surface area contributed by atoms with Crippen LogP contribution in [0.25, 0.3) is 10.8 Å². The molecule has 0 amide bonds. The number of hydrogen-bond acceptors (Lipinski definition) is 4. The van der Waals surface area contributed by atoms with Gasteiger partial charge in [-0.1, -0.05) is 30.3 Å². The molecule has 3 rings (SSSR count). The predicted octanol–water partition coefficient (Wildman–Crippen LogP) is 3.82. The second-order valence-corrected chi connectivity index (χ2v) is 5.38. The zero-order valence-electron chi connectivity index (χ0n) is 12.6. The number of carbonyl (C=O) groups is 1. The number of phenols is 2. The summed E-state index contributed by atoms with van der Waals surface area (Å²) in [5, 5.41) is 21.4. The van der Waals surface area contributed by atoms with Crippen LogP contribution in [0.1, 0.15) is 15.9 Å². The van der Waals surface area contributed by atoms with Crippen molar-refractivity contribution in [2.24, 2.45) is 0 Å². The van der Waals surface area contributed by atoms with E-state index in [1.165, 1.54) is 12.1 Å². The Morgan fingerprint density at radius 3 is 2.48 bits per heavy atom. The Morgan fingerprint density at radius 2 is 1.70 bits per heavy atom. The highest BCUT2D eigenvalue weighted by Crippen LogP contribution is 2.27. The van der Waals surface area contributed by atoms with Crippen molar-refractivity contribution in [3.05, 3.63) is 65.7 Å². The molecule has 0 aliphatic rings. The average molecular weight is 308 g/mol. The van der Waals surface area contributed by atoms with Crippen LogP contribution in [0.2, 0.25) is 0 Å². The summed E-state index contributed by atoms with van der Waals surface area (Å²) in [5.41, 5.74) is 0.665. The maximum absolute atomic E-state index is 12.2. The van der Waals surface area contributed by atoms with Crippen LogP contribution >= 0.6 is 0 Å². The van der Waals surface area contributed by atoms with Gasteiger partial charge in [-0.05, 0) is 41.5 Å². The number of fused-ring (bicyclic) bond motifs is 1. The van der Waals surface area contributed by atoms with E-state index >= 15 is 0 Å². The van der Waals surface area contributed by atoms with Crippen molar-refractivity contribution >= 4 is 16.6 Å². The zero-order valence-corrected chi connectivity index (χ0v) is 12.6. The molecule has 0 aliphatic heterocycles. The number of carbonyl (C=O) groups excluding carboxylic acids is 1. The van der Waals surface area contributed by atoms with Crippen molar-refractivity contribution in [2.45, 2.75) is 6.92 Å². The van der Waals surface area contributed by atoms with Crippen LogP contribution in [0, 0.1) is 6.92 Å². The minimum Gasteiger partial charge on any atom is -0.508 e. The van der Waals surface area contributed by atoms with E-state index in [0.29, 0.717) is 11.3 Å². The lowest BCUT2D eigenvalue weighted by molar-refractivity contribution is 0.0919. The van der Waals surface area contributed by atoms with E-state index in [9.17, 15) is 15.0 Å². The third kappa shape index (κ3) is 3.11. The summed E-state index contributed by atoms with van der Waals surface area (Å²) >= 11 is 0. The van der Waals surface area contributed by atoms with Crippen LogP contribution in [0.5, 0.6) is 17.2 Å². The van der Waals surface area contributed by atoms with E-state index < -0.39 is 0 Å². The molecule has 0 aliphatic carbocycles. The van der Waals surface area contributed by atoms with Crippen molar-refractivity contribution in [1.82, 2.24) is 0 Å². The van der Waals surface area contributed by atoms with Gasteiger partial charge in [0.25, 0.3) is 0 Å². The second kappa shape index (κ2) is 6.01. The van der Waals surface area contributed by atoms with Gasteiger partial charge < -0.3 is 14.9 Å². The Kier molecular flexibility index (Phi) is 3.89. The number of phenolic OH excluding ortho intramolecular Hbond substituents is 2. The molecule has 0 spiro atoms. The van der Waals surface area contributed by atoms with Crippen molar-refractivity contribution < 1.29 is 19.7 Å². The monoisotopic (exact) mass is 308 g/mol. The summed E-state index contributed by atoms with van der Waals surface area (Å²) in [5.74, 6) is -0.0551. The first-order chi connectivity index (χ1) is 11.0. The summed E-state index contributed by atoms with van der Waals surface area (Å²) in [7, 11) is 0. The molecule has 0 atom stereocenters. The standard InChI is InChI=1S/C19H16O4/c1-12-8-16(18(21)10-17(12)20)19(22)11-23-15-7-6-13-4-2-3-5-14(13)9-15/h2-10,20-21H,11H2,1H3. The number of ketones is 1. The number of rotatable bonds is 4. The minimum atomic E-state index is -0.348. The van der Waals surface area contributed by atoms with Crippen molar-refractivity contribution in [1.29, 1.82) is 0 Å². The Labute approximate surface area is 133 Å². The fraction of sp³-hybridized carbons (Fsp3) is 0.105. The highest BCUT2D eigenvalue weighted by Gasteiger charge is 2.14. The largest absolute Gasteiger partial charge is 0.508 e. The van der Waals surface area contributed by atoms with Gasteiger partial charge in [-0.3, -0.25) is 4.79 Å². The maximum Gasteiger partial charge on any atom is 0.203 e. The molecule has 116 valence electrons. The number of aryl methyl sites for hydroxylation is 1. The van der Waals surface area contributed by atoms with E-state index in [4.69, 9.17) is 4.74 Å². The molecule has 0 heterocycles. The molecule has 23 heavy (non-hydrogen) atoms. The fourth-order valence-electron chi connectivity index (χ4n) is 2.39. The van der Waals surface area contributed by atoms with E-state index in [0.717, 1.165) is 10.8 Å². The van der Waals surface area contributed by atoms with Gasteiger partial charge in [0.1, 0.15) is 17.2 Å². The SMILES string of the molecule is Cc1cc(C(=O)COc2ccc3ccccc3c2)c(O)cc1O. The number of Topliss-reactive ketones (excluding diaryl/α,β-unsaturated/α-hetero) is 1. The molecule has 2 N–H and O–H groups in total. The first kappa shape index (κ1) is 14.9. The molecule has 0 fully saturated rings. The second-order valence-electron chi connectivity index (χ2n) is 5.38.